The topological polar surface area (TPSA) is 0 Å². The zero-order valence-electron chi connectivity index (χ0n) is 47.4. The molecule has 10 aromatic carbocycles. The van der Waals surface area contributed by atoms with Crippen LogP contribution in [-0.4, -0.2) is 0 Å². The van der Waals surface area contributed by atoms with E-state index in [1.54, 1.807) is 5.57 Å². The summed E-state index contributed by atoms with van der Waals surface area (Å²) < 4.78 is 0. The van der Waals surface area contributed by atoms with E-state index in [1.807, 2.05) is 83.1 Å². The average Bonchev–Trinajstić information content (AvgIpc) is 3.67. The molecule has 0 saturated heterocycles. The van der Waals surface area contributed by atoms with Crippen molar-refractivity contribution >= 4 is 105 Å². The minimum atomic E-state index is 0. The fraction of sp³-hybridized carbons (Fsp3) is 0.215. The Morgan fingerprint density at radius 2 is 0.633 bits per heavy atom. The molecule has 8 aliphatic rings. The molecule has 8 aliphatic carbocycles. The van der Waals surface area contributed by atoms with Crippen LogP contribution in [0.4, 0.5) is 0 Å². The lowest BCUT2D eigenvalue weighted by Gasteiger charge is -2.41. The summed E-state index contributed by atoms with van der Waals surface area (Å²) in [5.74, 6) is 1.36. The van der Waals surface area contributed by atoms with Crippen LogP contribution < -0.4 is 10.4 Å². The lowest BCUT2D eigenvalue weighted by atomic mass is 9.62. The third-order valence-corrected chi connectivity index (χ3v) is 15.9. The third-order valence-electron chi connectivity index (χ3n) is 15.9. The normalized spacial score (nSPS) is 17.4. The van der Waals surface area contributed by atoms with Crippen LogP contribution >= 0.6 is 0 Å². The van der Waals surface area contributed by atoms with E-state index in [4.69, 9.17) is 0 Å². The quantitative estimate of drug-likeness (QED) is 0.105. The Balaban J connectivity index is 0.000000141. The second kappa shape index (κ2) is 24.3. The van der Waals surface area contributed by atoms with Gasteiger partial charge in [0.05, 0.1) is 0 Å². The summed E-state index contributed by atoms with van der Waals surface area (Å²) >= 11 is 0. The van der Waals surface area contributed by atoms with Crippen molar-refractivity contribution < 1.29 is 0 Å². The fourth-order valence-electron chi connectivity index (χ4n) is 13.3. The van der Waals surface area contributed by atoms with Gasteiger partial charge in [0.25, 0.3) is 0 Å². The van der Waals surface area contributed by atoms with Crippen LogP contribution in [0.1, 0.15) is 126 Å². The van der Waals surface area contributed by atoms with Gasteiger partial charge in [-0.3, -0.25) is 0 Å². The molecule has 0 saturated carbocycles. The second-order valence-electron chi connectivity index (χ2n) is 19.0. The first-order valence-electron chi connectivity index (χ1n) is 29.2. The first-order valence-corrected chi connectivity index (χ1v) is 29.2. The van der Waals surface area contributed by atoms with Crippen molar-refractivity contribution in [1.29, 1.82) is 0 Å². The van der Waals surface area contributed by atoms with Crippen LogP contribution in [-0.2, 0) is 0 Å². The molecule has 0 radical (unpaired) electrons. The monoisotopic (exact) mass is 1030 g/mol. The molecule has 0 bridgehead atoms. The van der Waals surface area contributed by atoms with E-state index in [9.17, 15) is 0 Å². The molecule has 0 N–H and O–H groups in total. The number of rotatable bonds is 0. The van der Waals surface area contributed by atoms with Gasteiger partial charge in [0.15, 0.2) is 0 Å². The summed E-state index contributed by atoms with van der Waals surface area (Å²) in [5.41, 5.74) is 15.9. The van der Waals surface area contributed by atoms with Gasteiger partial charge in [-0.05, 0) is 147 Å². The van der Waals surface area contributed by atoms with Crippen LogP contribution in [0.3, 0.4) is 0 Å². The molecule has 3 unspecified atom stereocenters. The molecule has 18 rings (SSSR count). The van der Waals surface area contributed by atoms with Gasteiger partial charge >= 0.3 is 0 Å². The molecule has 0 aliphatic heterocycles. The van der Waals surface area contributed by atoms with Gasteiger partial charge < -0.3 is 0 Å². The summed E-state index contributed by atoms with van der Waals surface area (Å²) in [5, 5.41) is 22.4. The van der Waals surface area contributed by atoms with Crippen molar-refractivity contribution in [3.63, 3.8) is 0 Å². The predicted octanol–water partition coefficient (Wildman–Crippen LogP) is 22.4. The molecule has 0 amide bonds. The van der Waals surface area contributed by atoms with Crippen molar-refractivity contribution in [2.24, 2.45) is 11.8 Å². The molecular weight excluding hydrogens is 949 g/mol. The summed E-state index contributed by atoms with van der Waals surface area (Å²) in [7, 11) is 0. The van der Waals surface area contributed by atoms with E-state index in [-0.39, 0.29) is 14.9 Å². The molecule has 0 nitrogen and oxygen atoms in total. The number of hydrogen-bond acceptors (Lipinski definition) is 0. The summed E-state index contributed by atoms with van der Waals surface area (Å²) in [6.45, 7) is 24.0. The summed E-state index contributed by atoms with van der Waals surface area (Å²) in [6, 6.07) is 45.1. The van der Waals surface area contributed by atoms with Crippen LogP contribution in [0.25, 0.3) is 105 Å². The molecule has 3 atom stereocenters. The van der Waals surface area contributed by atoms with E-state index in [2.05, 4.69) is 212 Å². The van der Waals surface area contributed by atoms with E-state index >= 15 is 0 Å². The van der Waals surface area contributed by atoms with Crippen LogP contribution in [0.5, 0.6) is 0 Å². The van der Waals surface area contributed by atoms with E-state index in [0.29, 0.717) is 17.8 Å². The Labute approximate surface area is 472 Å². The lowest BCUT2D eigenvalue weighted by Crippen LogP contribution is -2.42. The van der Waals surface area contributed by atoms with Crippen LogP contribution in [0.2, 0.25) is 0 Å². The smallest absolute Gasteiger partial charge is 0.0352 e. The van der Waals surface area contributed by atoms with Gasteiger partial charge in [-0.1, -0.05) is 310 Å². The van der Waals surface area contributed by atoms with Gasteiger partial charge in [-0.15, -0.1) is 0 Å². The van der Waals surface area contributed by atoms with E-state index < -0.39 is 0 Å². The average molecular weight is 1030 g/mol. The van der Waals surface area contributed by atoms with Crippen molar-refractivity contribution in [1.82, 2.24) is 0 Å². The van der Waals surface area contributed by atoms with E-state index in [0.717, 1.165) is 0 Å². The first kappa shape index (κ1) is 57.1. The summed E-state index contributed by atoms with van der Waals surface area (Å²) in [6.07, 6.45) is 34.3. The van der Waals surface area contributed by atoms with Gasteiger partial charge in [-0.25, -0.2) is 0 Å². The molecule has 0 heterocycles. The minimum Gasteiger partial charge on any atom is -0.0776 e. The second-order valence-corrected chi connectivity index (χ2v) is 19.0. The van der Waals surface area contributed by atoms with Crippen LogP contribution in [0.15, 0.2) is 222 Å². The van der Waals surface area contributed by atoms with Crippen LogP contribution in [0, 0.1) is 11.8 Å². The molecule has 398 valence electrons. The third kappa shape index (κ3) is 8.95. The molecule has 0 spiro atoms. The maximum atomic E-state index is 2.41. The molecule has 0 fully saturated rings. The Morgan fingerprint density at radius 1 is 0.266 bits per heavy atom. The standard InChI is InChI=1S/C24H12.C22H14.C19H12.6C2H6.2CH4/c1-2-14-5-6-16-9-11-18-12-10-17-8-7-15-4-3-13(1)19-20(14)22(16)24(18)23(17)21(15)19;1-4-13-10-15-6-2-8-17-12-18-9-3-7-16-11-14(5-1)19(13)22(20(15)17)21(16)18;1-3-12-7-9-14-10-8-13-4-2-6-16-11-15(5-1)17(12)19(14)18(13)16;6*1-2;;/h1-12H;1-12,19-20H;1-11,17H;6*1-2H3;2*1H4. The molecule has 0 aromatic heterocycles. The Bertz CT molecular complexity index is 3930. The fourth-order valence-corrected chi connectivity index (χ4v) is 13.3. The van der Waals surface area contributed by atoms with Gasteiger partial charge in [0.1, 0.15) is 0 Å². The predicted molar refractivity (Wildman–Crippen MR) is 359 cm³/mol. The van der Waals surface area contributed by atoms with Crippen molar-refractivity contribution in [2.45, 2.75) is 104 Å². The van der Waals surface area contributed by atoms with Gasteiger partial charge in [0, 0.05) is 17.8 Å². The van der Waals surface area contributed by atoms with Crippen molar-refractivity contribution in [3.05, 3.63) is 254 Å². The maximum Gasteiger partial charge on any atom is 0.0352 e. The lowest BCUT2D eigenvalue weighted by molar-refractivity contribution is 0.788. The molecule has 0 heteroatoms. The number of allylic oxidation sites excluding steroid dienone is 17. The van der Waals surface area contributed by atoms with Crippen molar-refractivity contribution in [2.75, 3.05) is 0 Å². The highest BCUT2D eigenvalue weighted by Gasteiger charge is 2.40. The van der Waals surface area contributed by atoms with Gasteiger partial charge in [0.2, 0.25) is 0 Å². The highest BCUT2D eigenvalue weighted by atomic mass is 14.4. The Morgan fingerprint density at radius 3 is 1.11 bits per heavy atom. The molecular formula is C79H82. The zero-order chi connectivity index (χ0) is 54.1. The van der Waals surface area contributed by atoms with Gasteiger partial charge in [-0.2, -0.15) is 0 Å². The highest BCUT2D eigenvalue weighted by molar-refractivity contribution is 6.44. The number of benzene rings is 10. The molecule has 79 heavy (non-hydrogen) atoms. The minimum absolute atomic E-state index is 0. The SMILES string of the molecule is C.C.C1=CC2=CC3=CC=CC4=Cc5cccc6c5=C(C2C(=C1)C=6)C34.C1=CC2=Cc3cccc4ccc5c(c34)C2C(=C1)C=C5.CC.CC.CC.CC.CC.CC.c1cc2ccc3ccc4ccc5ccc6ccc1c1c2c3c4c5c61. The maximum absolute atomic E-state index is 2.41. The first-order chi connectivity index (χ1) is 38.2. The summed E-state index contributed by atoms with van der Waals surface area (Å²) in [4.78, 5) is 0. The Hall–Kier alpha value is -8.06. The zero-order valence-corrected chi connectivity index (χ0v) is 47.4. The number of hydrogen-bond donors (Lipinski definition) is 0. The van der Waals surface area contributed by atoms with Crippen molar-refractivity contribution in [3.8, 4) is 0 Å². The van der Waals surface area contributed by atoms with E-state index in [1.165, 1.54) is 142 Å². The highest BCUT2D eigenvalue weighted by Crippen LogP contribution is 2.52. The Kier molecular flexibility index (Phi) is 17.6. The largest absolute Gasteiger partial charge is 0.0776 e. The molecule has 10 aromatic rings.